The number of benzene rings is 1. The minimum absolute atomic E-state index is 0.476. The minimum Gasteiger partial charge on any atom is -0.493 e. The lowest BCUT2D eigenvalue weighted by molar-refractivity contribution is 0.357. The van der Waals surface area contributed by atoms with Gasteiger partial charge >= 0.3 is 0 Å². The Labute approximate surface area is 99.8 Å². The number of hydrogen-bond donors (Lipinski definition) is 2. The normalized spacial score (nSPS) is 13.5. The fraction of sp³-hybridized carbons (Fsp3) is 0.308. The molecule has 3 rings (SSSR count). The van der Waals surface area contributed by atoms with Crippen molar-refractivity contribution in [2.75, 3.05) is 6.61 Å². The Kier molecular flexibility index (Phi) is 2.37. The van der Waals surface area contributed by atoms with E-state index in [1.165, 1.54) is 5.56 Å². The van der Waals surface area contributed by atoms with Crippen molar-refractivity contribution in [2.24, 2.45) is 5.73 Å². The lowest BCUT2D eigenvalue weighted by Crippen LogP contribution is -1.98. The van der Waals surface area contributed by atoms with E-state index in [-0.39, 0.29) is 0 Å². The molecule has 0 fully saturated rings. The number of nitrogens with zero attached hydrogens (tertiary/aromatic N) is 1. The molecular weight excluding hydrogens is 214 g/mol. The van der Waals surface area contributed by atoms with Crippen molar-refractivity contribution >= 4 is 0 Å². The van der Waals surface area contributed by atoms with Crippen LogP contribution in [0.15, 0.2) is 18.2 Å². The van der Waals surface area contributed by atoms with E-state index in [1.807, 2.05) is 19.1 Å². The molecule has 1 aromatic heterocycles. The van der Waals surface area contributed by atoms with Crippen LogP contribution in [-0.2, 0) is 13.0 Å². The first-order chi connectivity index (χ1) is 8.28. The van der Waals surface area contributed by atoms with E-state index in [4.69, 9.17) is 10.5 Å². The van der Waals surface area contributed by atoms with Gasteiger partial charge in [-0.1, -0.05) is 0 Å². The van der Waals surface area contributed by atoms with Crippen molar-refractivity contribution in [3.8, 4) is 17.0 Å². The van der Waals surface area contributed by atoms with E-state index in [2.05, 4.69) is 16.0 Å². The van der Waals surface area contributed by atoms with E-state index in [0.29, 0.717) is 6.54 Å². The molecule has 1 aliphatic rings. The minimum atomic E-state index is 0.476. The fourth-order valence-electron chi connectivity index (χ4n) is 2.26. The number of hydrogen-bond acceptors (Lipinski definition) is 3. The number of aromatic nitrogens is 2. The largest absolute Gasteiger partial charge is 0.493 e. The van der Waals surface area contributed by atoms with Crippen LogP contribution < -0.4 is 10.5 Å². The molecule has 2 heterocycles. The Morgan fingerprint density at radius 2 is 2.35 bits per heavy atom. The lowest BCUT2D eigenvalue weighted by Gasteiger charge is -2.03. The highest BCUT2D eigenvalue weighted by molar-refractivity contribution is 5.65. The Hall–Kier alpha value is -1.81. The standard InChI is InChI=1S/C13H15N3O/c1-8-15-11(7-14)13(16-8)10-2-3-12-9(6-10)4-5-17-12/h2-3,6H,4-5,7,14H2,1H3,(H,15,16). The molecule has 3 N–H and O–H groups in total. The summed E-state index contributed by atoms with van der Waals surface area (Å²) in [4.78, 5) is 7.69. The average molecular weight is 229 g/mol. The third-order valence-electron chi connectivity index (χ3n) is 3.06. The second-order valence-corrected chi connectivity index (χ2v) is 4.27. The van der Waals surface area contributed by atoms with Crippen LogP contribution >= 0.6 is 0 Å². The van der Waals surface area contributed by atoms with Gasteiger partial charge in [-0.15, -0.1) is 0 Å². The summed E-state index contributed by atoms with van der Waals surface area (Å²) in [6.45, 7) is 3.20. The third kappa shape index (κ3) is 1.70. The molecule has 0 aliphatic carbocycles. The zero-order chi connectivity index (χ0) is 11.8. The summed E-state index contributed by atoms with van der Waals surface area (Å²) in [6, 6.07) is 6.21. The molecule has 2 aromatic rings. The Morgan fingerprint density at radius 3 is 3.18 bits per heavy atom. The maximum atomic E-state index is 5.72. The van der Waals surface area contributed by atoms with Crippen LogP contribution in [0.3, 0.4) is 0 Å². The maximum Gasteiger partial charge on any atom is 0.122 e. The highest BCUT2D eigenvalue weighted by Gasteiger charge is 2.15. The highest BCUT2D eigenvalue weighted by atomic mass is 16.5. The number of rotatable bonds is 2. The number of imidazole rings is 1. The van der Waals surface area contributed by atoms with Crippen LogP contribution in [0.25, 0.3) is 11.3 Å². The van der Waals surface area contributed by atoms with Gasteiger partial charge in [-0.05, 0) is 30.7 Å². The second kappa shape index (κ2) is 3.89. The molecule has 1 aliphatic heterocycles. The molecule has 0 spiro atoms. The third-order valence-corrected chi connectivity index (χ3v) is 3.06. The number of ether oxygens (including phenoxy) is 1. The van der Waals surface area contributed by atoms with Gasteiger partial charge in [-0.2, -0.15) is 0 Å². The summed E-state index contributed by atoms with van der Waals surface area (Å²) >= 11 is 0. The number of nitrogens with one attached hydrogen (secondary N) is 1. The van der Waals surface area contributed by atoms with Gasteiger partial charge in [0.25, 0.3) is 0 Å². The topological polar surface area (TPSA) is 63.9 Å². The van der Waals surface area contributed by atoms with E-state index in [9.17, 15) is 0 Å². The van der Waals surface area contributed by atoms with Crippen LogP contribution in [0.5, 0.6) is 5.75 Å². The lowest BCUT2D eigenvalue weighted by atomic mass is 10.1. The number of aryl methyl sites for hydroxylation is 1. The number of nitrogens with two attached hydrogens (primary N) is 1. The summed E-state index contributed by atoms with van der Waals surface area (Å²) < 4.78 is 5.50. The van der Waals surface area contributed by atoms with Gasteiger partial charge in [0.15, 0.2) is 0 Å². The zero-order valence-electron chi connectivity index (χ0n) is 9.79. The van der Waals surface area contributed by atoms with Crippen LogP contribution in [0.1, 0.15) is 17.1 Å². The molecule has 0 atom stereocenters. The van der Waals surface area contributed by atoms with Crippen LogP contribution in [0.4, 0.5) is 0 Å². The van der Waals surface area contributed by atoms with Gasteiger partial charge in [-0.3, -0.25) is 0 Å². The first-order valence-corrected chi connectivity index (χ1v) is 5.79. The van der Waals surface area contributed by atoms with E-state index in [0.717, 1.165) is 41.6 Å². The smallest absolute Gasteiger partial charge is 0.122 e. The van der Waals surface area contributed by atoms with Gasteiger partial charge in [0.1, 0.15) is 11.6 Å². The molecule has 0 unspecified atom stereocenters. The summed E-state index contributed by atoms with van der Waals surface area (Å²) in [5.41, 5.74) is 10.0. The van der Waals surface area contributed by atoms with Gasteiger partial charge in [0.2, 0.25) is 0 Å². The van der Waals surface area contributed by atoms with Crippen LogP contribution in [0.2, 0.25) is 0 Å². The molecule has 0 saturated carbocycles. The molecule has 1 aromatic carbocycles. The molecule has 4 nitrogen and oxygen atoms in total. The van der Waals surface area contributed by atoms with Gasteiger partial charge in [0, 0.05) is 18.5 Å². The van der Waals surface area contributed by atoms with Gasteiger partial charge in [-0.25, -0.2) is 4.98 Å². The number of aromatic amines is 1. The first kappa shape index (κ1) is 10.4. The van der Waals surface area contributed by atoms with Crippen molar-refractivity contribution in [3.63, 3.8) is 0 Å². The monoisotopic (exact) mass is 229 g/mol. The van der Waals surface area contributed by atoms with Crippen molar-refractivity contribution < 1.29 is 4.74 Å². The Balaban J connectivity index is 2.08. The molecular formula is C13H15N3O. The Morgan fingerprint density at radius 1 is 1.47 bits per heavy atom. The summed E-state index contributed by atoms with van der Waals surface area (Å²) in [6.07, 6.45) is 0.977. The van der Waals surface area contributed by atoms with E-state index < -0.39 is 0 Å². The summed E-state index contributed by atoms with van der Waals surface area (Å²) in [5.74, 6) is 1.90. The predicted molar refractivity (Wildman–Crippen MR) is 65.9 cm³/mol. The fourth-order valence-corrected chi connectivity index (χ4v) is 2.26. The van der Waals surface area contributed by atoms with Crippen molar-refractivity contribution in [2.45, 2.75) is 19.9 Å². The SMILES string of the molecule is Cc1nc(-c2ccc3c(c2)CCO3)c(CN)[nH]1. The van der Waals surface area contributed by atoms with E-state index >= 15 is 0 Å². The predicted octanol–water partition coefficient (Wildman–Crippen LogP) is 1.78. The maximum absolute atomic E-state index is 5.72. The molecule has 17 heavy (non-hydrogen) atoms. The Bertz CT molecular complexity index is 560. The molecule has 88 valence electrons. The zero-order valence-corrected chi connectivity index (χ0v) is 9.79. The highest BCUT2D eigenvalue weighted by Crippen LogP contribution is 2.30. The summed E-state index contributed by atoms with van der Waals surface area (Å²) in [5, 5.41) is 0. The van der Waals surface area contributed by atoms with Crippen molar-refractivity contribution in [1.82, 2.24) is 9.97 Å². The molecule has 4 heteroatoms. The first-order valence-electron chi connectivity index (χ1n) is 5.79. The van der Waals surface area contributed by atoms with Gasteiger partial charge < -0.3 is 15.5 Å². The van der Waals surface area contributed by atoms with Crippen molar-refractivity contribution in [1.29, 1.82) is 0 Å². The molecule has 0 bridgehead atoms. The molecule has 0 saturated heterocycles. The van der Waals surface area contributed by atoms with E-state index in [1.54, 1.807) is 0 Å². The summed E-state index contributed by atoms with van der Waals surface area (Å²) in [7, 11) is 0. The van der Waals surface area contributed by atoms with Crippen LogP contribution in [-0.4, -0.2) is 16.6 Å². The van der Waals surface area contributed by atoms with Crippen molar-refractivity contribution in [3.05, 3.63) is 35.3 Å². The average Bonchev–Trinajstić information content (AvgIpc) is 2.93. The van der Waals surface area contributed by atoms with Crippen LogP contribution in [0, 0.1) is 6.92 Å². The molecule has 0 amide bonds. The number of fused-ring (bicyclic) bond motifs is 1. The second-order valence-electron chi connectivity index (χ2n) is 4.27. The van der Waals surface area contributed by atoms with Gasteiger partial charge in [0.05, 0.1) is 18.0 Å². The number of H-pyrrole nitrogens is 1. The molecule has 0 radical (unpaired) electrons. The quantitative estimate of drug-likeness (QED) is 0.825.